The Kier molecular flexibility index (Phi) is 4.63. The van der Waals surface area contributed by atoms with E-state index in [2.05, 4.69) is 0 Å². The minimum atomic E-state index is -0.810. The first-order valence-corrected chi connectivity index (χ1v) is 6.25. The number of carbonyl (C=O) groups is 1. The molecular weight excluding hydrogens is 252 g/mol. The van der Waals surface area contributed by atoms with Gasteiger partial charge in [0, 0.05) is 5.02 Å². The molecule has 0 radical (unpaired) electrons. The summed E-state index contributed by atoms with van der Waals surface area (Å²) < 4.78 is 5.69. The van der Waals surface area contributed by atoms with Gasteiger partial charge in [0.15, 0.2) is 0 Å². The molecule has 0 unspecified atom stereocenters. The van der Waals surface area contributed by atoms with Crippen LogP contribution in [-0.2, 0) is 4.79 Å². The maximum atomic E-state index is 11.0. The summed E-state index contributed by atoms with van der Waals surface area (Å²) >= 11 is 5.94. The van der Waals surface area contributed by atoms with Gasteiger partial charge in [0.1, 0.15) is 5.75 Å². The minimum Gasteiger partial charge on any atom is -0.493 e. The van der Waals surface area contributed by atoms with Gasteiger partial charge in [-0.1, -0.05) is 11.6 Å². The highest BCUT2D eigenvalue weighted by atomic mass is 35.5. The topological polar surface area (TPSA) is 46.5 Å². The molecule has 0 aliphatic rings. The second kappa shape index (κ2) is 5.61. The Morgan fingerprint density at radius 1 is 1.33 bits per heavy atom. The summed E-state index contributed by atoms with van der Waals surface area (Å²) in [7, 11) is 0. The van der Waals surface area contributed by atoms with E-state index in [4.69, 9.17) is 21.4 Å². The molecule has 1 aromatic rings. The van der Waals surface area contributed by atoms with Crippen LogP contribution in [0.25, 0.3) is 0 Å². The number of aryl methyl sites for hydroxylation is 2. The van der Waals surface area contributed by atoms with Crippen molar-refractivity contribution in [3.8, 4) is 5.75 Å². The zero-order valence-electron chi connectivity index (χ0n) is 11.2. The van der Waals surface area contributed by atoms with Crippen molar-refractivity contribution in [1.82, 2.24) is 0 Å². The van der Waals surface area contributed by atoms with Crippen LogP contribution >= 0.6 is 11.6 Å². The van der Waals surface area contributed by atoms with Gasteiger partial charge in [0.25, 0.3) is 0 Å². The van der Waals surface area contributed by atoms with E-state index >= 15 is 0 Å². The molecule has 0 spiro atoms. The molecule has 1 aromatic carbocycles. The number of ether oxygens (including phenoxy) is 1. The average Bonchev–Trinajstić information content (AvgIpc) is 2.21. The third kappa shape index (κ3) is 3.64. The molecule has 0 aliphatic carbocycles. The van der Waals surface area contributed by atoms with Gasteiger partial charge in [-0.3, -0.25) is 4.79 Å². The predicted molar refractivity (Wildman–Crippen MR) is 72.5 cm³/mol. The Bertz CT molecular complexity index is 429. The number of benzene rings is 1. The Morgan fingerprint density at radius 3 is 2.28 bits per heavy atom. The van der Waals surface area contributed by atoms with Crippen LogP contribution in [0.2, 0.25) is 5.02 Å². The molecule has 100 valence electrons. The molecule has 4 heteroatoms. The number of halogens is 1. The summed E-state index contributed by atoms with van der Waals surface area (Å²) in [6.07, 6.45) is 0.462. The molecule has 3 nitrogen and oxygen atoms in total. The fourth-order valence-electron chi connectivity index (χ4n) is 1.64. The van der Waals surface area contributed by atoms with Gasteiger partial charge in [-0.05, 0) is 57.4 Å². The Hall–Kier alpha value is -1.22. The summed E-state index contributed by atoms with van der Waals surface area (Å²) in [5.41, 5.74) is 1.16. The monoisotopic (exact) mass is 270 g/mol. The normalized spacial score (nSPS) is 11.4. The van der Waals surface area contributed by atoms with E-state index in [9.17, 15) is 4.79 Å². The first kappa shape index (κ1) is 14.8. The molecule has 0 fully saturated rings. The summed E-state index contributed by atoms with van der Waals surface area (Å²) in [5.74, 6) is -0.0174. The fraction of sp³-hybridized carbons (Fsp3) is 0.500. The molecule has 1 rings (SSSR count). The molecule has 0 bridgehead atoms. The Morgan fingerprint density at radius 2 is 1.83 bits per heavy atom. The van der Waals surface area contributed by atoms with Crippen LogP contribution in [0.1, 0.15) is 31.4 Å². The maximum Gasteiger partial charge on any atom is 0.309 e. The maximum absolute atomic E-state index is 11.0. The zero-order valence-corrected chi connectivity index (χ0v) is 12.0. The average molecular weight is 271 g/mol. The number of rotatable bonds is 5. The van der Waals surface area contributed by atoms with Crippen molar-refractivity contribution in [3.63, 3.8) is 0 Å². The quantitative estimate of drug-likeness (QED) is 0.884. The molecule has 18 heavy (non-hydrogen) atoms. The van der Waals surface area contributed by atoms with Gasteiger partial charge in [-0.2, -0.15) is 0 Å². The molecule has 0 amide bonds. The summed E-state index contributed by atoms with van der Waals surface area (Å²) in [6.45, 7) is 7.62. The lowest BCUT2D eigenvalue weighted by molar-refractivity contribution is -0.147. The van der Waals surface area contributed by atoms with E-state index in [0.717, 1.165) is 16.9 Å². The van der Waals surface area contributed by atoms with E-state index in [0.29, 0.717) is 18.1 Å². The molecule has 0 saturated carbocycles. The molecule has 0 aliphatic heterocycles. The van der Waals surface area contributed by atoms with E-state index in [1.165, 1.54) is 0 Å². The first-order chi connectivity index (χ1) is 8.24. The standard InChI is InChI=1S/C14H19ClO3/c1-9-7-11(15)8-10(2)12(9)18-6-5-14(3,4)13(16)17/h7-8H,5-6H2,1-4H3,(H,16,17). The fourth-order valence-corrected chi connectivity index (χ4v) is 1.97. The minimum absolute atomic E-state index is 0.378. The Balaban J connectivity index is 2.68. The molecule has 0 atom stereocenters. The molecule has 0 saturated heterocycles. The van der Waals surface area contributed by atoms with Gasteiger partial charge in [-0.15, -0.1) is 0 Å². The predicted octanol–water partition coefficient (Wildman–Crippen LogP) is 3.84. The van der Waals surface area contributed by atoms with Gasteiger partial charge in [0.05, 0.1) is 12.0 Å². The molecule has 1 N–H and O–H groups in total. The van der Waals surface area contributed by atoms with Crippen LogP contribution in [0.3, 0.4) is 0 Å². The van der Waals surface area contributed by atoms with Crippen molar-refractivity contribution in [1.29, 1.82) is 0 Å². The van der Waals surface area contributed by atoms with Crippen LogP contribution < -0.4 is 4.74 Å². The van der Waals surface area contributed by atoms with Crippen molar-refractivity contribution in [2.75, 3.05) is 6.61 Å². The third-order valence-electron chi connectivity index (χ3n) is 2.98. The SMILES string of the molecule is Cc1cc(Cl)cc(C)c1OCCC(C)(C)C(=O)O. The summed E-state index contributed by atoms with van der Waals surface area (Å²) in [6, 6.07) is 3.68. The van der Waals surface area contributed by atoms with Gasteiger partial charge in [0.2, 0.25) is 0 Å². The molecule has 0 aromatic heterocycles. The first-order valence-electron chi connectivity index (χ1n) is 5.87. The van der Waals surface area contributed by atoms with Crippen LogP contribution in [0.5, 0.6) is 5.75 Å². The third-order valence-corrected chi connectivity index (χ3v) is 3.20. The second-order valence-corrected chi connectivity index (χ2v) is 5.59. The van der Waals surface area contributed by atoms with Gasteiger partial charge >= 0.3 is 5.97 Å². The number of aliphatic carboxylic acids is 1. The van der Waals surface area contributed by atoms with Crippen molar-refractivity contribution < 1.29 is 14.6 Å². The van der Waals surface area contributed by atoms with Crippen molar-refractivity contribution in [2.24, 2.45) is 5.41 Å². The lowest BCUT2D eigenvalue weighted by Gasteiger charge is -2.20. The number of hydrogen-bond donors (Lipinski definition) is 1. The van der Waals surface area contributed by atoms with Crippen molar-refractivity contribution in [3.05, 3.63) is 28.3 Å². The van der Waals surface area contributed by atoms with Crippen molar-refractivity contribution >= 4 is 17.6 Å². The lowest BCUT2D eigenvalue weighted by Crippen LogP contribution is -2.26. The van der Waals surface area contributed by atoms with Crippen LogP contribution in [0.4, 0.5) is 0 Å². The Labute approximate surface area is 113 Å². The van der Waals surface area contributed by atoms with Crippen molar-refractivity contribution in [2.45, 2.75) is 34.1 Å². The highest BCUT2D eigenvalue weighted by Crippen LogP contribution is 2.28. The number of hydrogen-bond acceptors (Lipinski definition) is 2. The summed E-state index contributed by atoms with van der Waals surface area (Å²) in [5, 5.41) is 9.69. The van der Waals surface area contributed by atoms with Crippen LogP contribution in [-0.4, -0.2) is 17.7 Å². The van der Waals surface area contributed by atoms with E-state index < -0.39 is 11.4 Å². The van der Waals surface area contributed by atoms with E-state index in [1.807, 2.05) is 26.0 Å². The van der Waals surface area contributed by atoms with Crippen LogP contribution in [0.15, 0.2) is 12.1 Å². The van der Waals surface area contributed by atoms with Gasteiger partial charge in [-0.25, -0.2) is 0 Å². The van der Waals surface area contributed by atoms with Crippen LogP contribution in [0, 0.1) is 19.3 Å². The largest absolute Gasteiger partial charge is 0.493 e. The summed E-state index contributed by atoms with van der Waals surface area (Å²) in [4.78, 5) is 11.0. The van der Waals surface area contributed by atoms with E-state index in [1.54, 1.807) is 13.8 Å². The highest BCUT2D eigenvalue weighted by Gasteiger charge is 2.26. The van der Waals surface area contributed by atoms with Gasteiger partial charge < -0.3 is 9.84 Å². The lowest BCUT2D eigenvalue weighted by atomic mass is 9.90. The number of carboxylic acids is 1. The zero-order chi connectivity index (χ0) is 13.9. The smallest absolute Gasteiger partial charge is 0.309 e. The highest BCUT2D eigenvalue weighted by molar-refractivity contribution is 6.30. The molecule has 0 heterocycles. The van der Waals surface area contributed by atoms with E-state index in [-0.39, 0.29) is 0 Å². The molecular formula is C14H19ClO3. The number of carboxylic acid groups (broad SMARTS) is 1. The second-order valence-electron chi connectivity index (χ2n) is 5.16.